The Morgan fingerprint density at radius 2 is 1.94 bits per heavy atom. The number of Topliss-reactive ketones (excluding diaryl/α,β-unsaturated/α-hetero) is 1. The number of nitrogens with zero attached hydrogens (tertiary/aromatic N) is 1. The first-order valence-electron chi connectivity index (χ1n) is 6.85. The van der Waals surface area contributed by atoms with Gasteiger partial charge in [0.05, 0.1) is 0 Å². The van der Waals surface area contributed by atoms with Gasteiger partial charge in [0.2, 0.25) is 0 Å². The van der Waals surface area contributed by atoms with E-state index in [1.54, 1.807) is 0 Å². The minimum Gasteiger partial charge on any atom is -0.303 e. The summed E-state index contributed by atoms with van der Waals surface area (Å²) in [6.45, 7) is 10.2. The lowest BCUT2D eigenvalue weighted by Crippen LogP contribution is -2.36. The Kier molecular flexibility index (Phi) is 6.04. The van der Waals surface area contributed by atoms with Crippen LogP contribution in [-0.2, 0) is 4.79 Å². The molecule has 1 saturated heterocycles. The molecule has 0 radical (unpaired) electrons. The van der Waals surface area contributed by atoms with E-state index < -0.39 is 0 Å². The number of hydrogen-bond donors (Lipinski definition) is 0. The third-order valence-corrected chi connectivity index (χ3v) is 3.56. The summed E-state index contributed by atoms with van der Waals surface area (Å²) in [5.41, 5.74) is 0. The molecule has 0 bridgehead atoms. The van der Waals surface area contributed by atoms with E-state index in [0.717, 1.165) is 24.7 Å². The molecule has 0 amide bonds. The third-order valence-electron chi connectivity index (χ3n) is 3.56. The molecular weight excluding hydrogens is 198 g/mol. The van der Waals surface area contributed by atoms with Crippen molar-refractivity contribution in [2.24, 2.45) is 11.8 Å². The zero-order chi connectivity index (χ0) is 12.0. The monoisotopic (exact) mass is 225 g/mol. The van der Waals surface area contributed by atoms with Crippen LogP contribution in [0.25, 0.3) is 0 Å². The highest BCUT2D eigenvalue weighted by Gasteiger charge is 2.19. The first-order valence-corrected chi connectivity index (χ1v) is 6.85. The van der Waals surface area contributed by atoms with Crippen LogP contribution in [-0.4, -0.2) is 30.3 Å². The molecule has 0 aromatic carbocycles. The molecule has 2 heteroatoms. The molecule has 1 aliphatic heterocycles. The minimum absolute atomic E-state index is 0.435. The predicted octanol–water partition coefficient (Wildman–Crippen LogP) is 3.11. The standard InChI is InChI=1S/C14H27NO/c1-4-14(16)6-5-13-7-9-15(10-8-13)11-12(2)3/h12-13H,4-11H2,1-3H3. The molecule has 1 fully saturated rings. The van der Waals surface area contributed by atoms with Gasteiger partial charge in [-0.15, -0.1) is 0 Å². The van der Waals surface area contributed by atoms with Crippen LogP contribution in [0.4, 0.5) is 0 Å². The van der Waals surface area contributed by atoms with E-state index in [4.69, 9.17) is 0 Å². The average molecular weight is 225 g/mol. The van der Waals surface area contributed by atoms with Gasteiger partial charge in [0.25, 0.3) is 0 Å². The first kappa shape index (κ1) is 13.7. The summed E-state index contributed by atoms with van der Waals surface area (Å²) in [4.78, 5) is 13.8. The fraction of sp³-hybridized carbons (Fsp3) is 0.929. The van der Waals surface area contributed by atoms with Crippen LogP contribution in [0.15, 0.2) is 0 Å². The summed E-state index contributed by atoms with van der Waals surface area (Å²) in [5.74, 6) is 2.02. The second kappa shape index (κ2) is 7.05. The van der Waals surface area contributed by atoms with E-state index in [1.165, 1.54) is 32.5 Å². The molecule has 16 heavy (non-hydrogen) atoms. The lowest BCUT2D eigenvalue weighted by atomic mass is 9.91. The SMILES string of the molecule is CCC(=O)CCC1CCN(CC(C)C)CC1. The maximum atomic E-state index is 11.3. The molecule has 0 aromatic heterocycles. The Bertz CT molecular complexity index is 205. The quantitative estimate of drug-likeness (QED) is 0.692. The molecule has 0 N–H and O–H groups in total. The number of piperidine rings is 1. The van der Waals surface area contributed by atoms with Crippen LogP contribution < -0.4 is 0 Å². The molecule has 1 rings (SSSR count). The van der Waals surface area contributed by atoms with E-state index in [2.05, 4.69) is 18.7 Å². The largest absolute Gasteiger partial charge is 0.303 e. The van der Waals surface area contributed by atoms with Crippen molar-refractivity contribution >= 4 is 5.78 Å². The zero-order valence-corrected chi connectivity index (χ0v) is 11.2. The highest BCUT2D eigenvalue weighted by molar-refractivity contribution is 5.77. The molecule has 0 spiro atoms. The Balaban J connectivity index is 2.14. The molecular formula is C14H27NO. The van der Waals surface area contributed by atoms with Gasteiger partial charge in [0, 0.05) is 19.4 Å². The fourth-order valence-corrected chi connectivity index (χ4v) is 2.52. The molecule has 0 atom stereocenters. The van der Waals surface area contributed by atoms with E-state index in [9.17, 15) is 4.79 Å². The second-order valence-electron chi connectivity index (χ2n) is 5.57. The van der Waals surface area contributed by atoms with E-state index in [0.29, 0.717) is 12.2 Å². The number of carbonyl (C=O) groups excluding carboxylic acids is 1. The molecule has 1 aliphatic rings. The zero-order valence-electron chi connectivity index (χ0n) is 11.2. The first-order chi connectivity index (χ1) is 7.61. The smallest absolute Gasteiger partial charge is 0.132 e. The van der Waals surface area contributed by atoms with Crippen molar-refractivity contribution in [3.8, 4) is 0 Å². The molecule has 2 nitrogen and oxygen atoms in total. The summed E-state index contributed by atoms with van der Waals surface area (Å²) < 4.78 is 0. The van der Waals surface area contributed by atoms with Crippen molar-refractivity contribution in [1.82, 2.24) is 4.90 Å². The highest BCUT2D eigenvalue weighted by Crippen LogP contribution is 2.22. The van der Waals surface area contributed by atoms with E-state index >= 15 is 0 Å². The molecule has 0 unspecified atom stereocenters. The number of likely N-dealkylation sites (tertiary alicyclic amines) is 1. The average Bonchev–Trinajstić information content (AvgIpc) is 2.27. The summed E-state index contributed by atoms with van der Waals surface area (Å²) in [6.07, 6.45) is 5.24. The van der Waals surface area contributed by atoms with Gasteiger partial charge in [0.15, 0.2) is 0 Å². The van der Waals surface area contributed by atoms with Gasteiger partial charge in [-0.05, 0) is 44.2 Å². The van der Waals surface area contributed by atoms with Gasteiger partial charge in [-0.25, -0.2) is 0 Å². The molecule has 94 valence electrons. The number of carbonyl (C=O) groups is 1. The van der Waals surface area contributed by atoms with E-state index in [-0.39, 0.29) is 0 Å². The lowest BCUT2D eigenvalue weighted by molar-refractivity contribution is -0.119. The van der Waals surface area contributed by atoms with Crippen LogP contribution >= 0.6 is 0 Å². The highest BCUT2D eigenvalue weighted by atomic mass is 16.1. The number of hydrogen-bond acceptors (Lipinski definition) is 2. The van der Waals surface area contributed by atoms with E-state index in [1.807, 2.05) is 6.92 Å². The number of rotatable bonds is 6. The van der Waals surface area contributed by atoms with Crippen LogP contribution in [0, 0.1) is 11.8 Å². The van der Waals surface area contributed by atoms with Crippen molar-refractivity contribution in [2.45, 2.75) is 52.9 Å². The van der Waals surface area contributed by atoms with Crippen molar-refractivity contribution in [2.75, 3.05) is 19.6 Å². The van der Waals surface area contributed by atoms with Crippen LogP contribution in [0.1, 0.15) is 52.9 Å². The predicted molar refractivity (Wildman–Crippen MR) is 68.5 cm³/mol. The molecule has 0 aliphatic carbocycles. The Morgan fingerprint density at radius 1 is 1.31 bits per heavy atom. The molecule has 0 aromatic rings. The van der Waals surface area contributed by atoms with Crippen LogP contribution in [0.3, 0.4) is 0 Å². The van der Waals surface area contributed by atoms with Gasteiger partial charge in [-0.1, -0.05) is 20.8 Å². The molecule has 1 heterocycles. The summed E-state index contributed by atoms with van der Waals surface area (Å²) in [6, 6.07) is 0. The Labute approximate surface area is 100 Å². The summed E-state index contributed by atoms with van der Waals surface area (Å²) >= 11 is 0. The maximum absolute atomic E-state index is 11.3. The second-order valence-corrected chi connectivity index (χ2v) is 5.57. The maximum Gasteiger partial charge on any atom is 0.132 e. The van der Waals surface area contributed by atoms with Gasteiger partial charge in [0.1, 0.15) is 5.78 Å². The topological polar surface area (TPSA) is 20.3 Å². The fourth-order valence-electron chi connectivity index (χ4n) is 2.52. The van der Waals surface area contributed by atoms with Crippen molar-refractivity contribution in [1.29, 1.82) is 0 Å². The van der Waals surface area contributed by atoms with Crippen molar-refractivity contribution in [3.63, 3.8) is 0 Å². The van der Waals surface area contributed by atoms with Gasteiger partial charge >= 0.3 is 0 Å². The number of ketones is 1. The van der Waals surface area contributed by atoms with Gasteiger partial charge in [-0.2, -0.15) is 0 Å². The Morgan fingerprint density at radius 3 is 2.44 bits per heavy atom. The molecule has 0 saturated carbocycles. The normalized spacial score (nSPS) is 19.2. The van der Waals surface area contributed by atoms with Crippen LogP contribution in [0.2, 0.25) is 0 Å². The summed E-state index contributed by atoms with van der Waals surface area (Å²) in [7, 11) is 0. The van der Waals surface area contributed by atoms with Crippen molar-refractivity contribution < 1.29 is 4.79 Å². The van der Waals surface area contributed by atoms with Gasteiger partial charge < -0.3 is 4.90 Å². The van der Waals surface area contributed by atoms with Gasteiger partial charge in [-0.3, -0.25) is 4.79 Å². The summed E-state index contributed by atoms with van der Waals surface area (Å²) in [5, 5.41) is 0. The van der Waals surface area contributed by atoms with Crippen LogP contribution in [0.5, 0.6) is 0 Å². The third kappa shape index (κ3) is 5.11. The Hall–Kier alpha value is -0.370. The lowest BCUT2D eigenvalue weighted by Gasteiger charge is -2.32. The minimum atomic E-state index is 0.435. The van der Waals surface area contributed by atoms with Crippen molar-refractivity contribution in [3.05, 3.63) is 0 Å².